The Hall–Kier alpha value is -0.960. The second kappa shape index (κ2) is 6.99. The molecule has 1 aromatic carbocycles. The summed E-state index contributed by atoms with van der Waals surface area (Å²) in [7, 11) is 0. The highest BCUT2D eigenvalue weighted by Crippen LogP contribution is 2.24. The van der Waals surface area contributed by atoms with E-state index < -0.39 is 0 Å². The molecule has 1 aromatic rings. The van der Waals surface area contributed by atoms with Gasteiger partial charge in [-0.3, -0.25) is 4.79 Å². The van der Waals surface area contributed by atoms with Crippen molar-refractivity contribution in [3.05, 3.63) is 35.9 Å². The molecule has 0 aromatic heterocycles. The maximum atomic E-state index is 12.2. The van der Waals surface area contributed by atoms with Gasteiger partial charge in [0.2, 0.25) is 5.91 Å². The third-order valence-electron chi connectivity index (χ3n) is 4.01. The van der Waals surface area contributed by atoms with Crippen molar-refractivity contribution in [2.45, 2.75) is 50.3 Å². The lowest BCUT2D eigenvalue weighted by Gasteiger charge is -2.30. The molecule has 1 fully saturated rings. The van der Waals surface area contributed by atoms with Gasteiger partial charge in [0.1, 0.15) is 0 Å². The third kappa shape index (κ3) is 4.27. The zero-order valence-electron chi connectivity index (χ0n) is 11.5. The first-order valence-electron chi connectivity index (χ1n) is 7.19. The quantitative estimate of drug-likeness (QED) is 0.813. The van der Waals surface area contributed by atoms with Crippen LogP contribution >= 0.6 is 12.6 Å². The number of carbonyl (C=O) groups excluding carboxylic acids is 1. The molecule has 1 aliphatic carbocycles. The highest BCUT2D eigenvalue weighted by atomic mass is 32.1. The molecule has 0 aliphatic heterocycles. The molecule has 3 unspecified atom stereocenters. The number of amides is 1. The van der Waals surface area contributed by atoms with Gasteiger partial charge in [0, 0.05) is 6.04 Å². The highest BCUT2D eigenvalue weighted by molar-refractivity contribution is 7.81. The van der Waals surface area contributed by atoms with Crippen LogP contribution in [0.25, 0.3) is 0 Å². The fourth-order valence-corrected chi connectivity index (χ4v) is 3.03. The summed E-state index contributed by atoms with van der Waals surface area (Å²) in [6.45, 7) is 2.23. The zero-order chi connectivity index (χ0) is 13.7. The van der Waals surface area contributed by atoms with Crippen molar-refractivity contribution in [1.82, 2.24) is 5.32 Å². The van der Waals surface area contributed by atoms with Crippen LogP contribution in [0.15, 0.2) is 30.3 Å². The number of thiol groups is 1. The van der Waals surface area contributed by atoms with E-state index in [2.05, 4.69) is 24.9 Å². The van der Waals surface area contributed by atoms with Gasteiger partial charge in [-0.1, -0.05) is 50.1 Å². The normalized spacial score (nSPS) is 24.7. The molecule has 2 nitrogen and oxygen atoms in total. The van der Waals surface area contributed by atoms with Crippen LogP contribution in [-0.2, 0) is 11.2 Å². The summed E-state index contributed by atoms with van der Waals surface area (Å²) in [5.74, 6) is 0.667. The number of nitrogens with one attached hydrogen (secondary N) is 1. The minimum atomic E-state index is -0.253. The van der Waals surface area contributed by atoms with Crippen LogP contribution in [0.1, 0.15) is 38.2 Å². The number of rotatable bonds is 4. The maximum absolute atomic E-state index is 12.2. The van der Waals surface area contributed by atoms with Crippen LogP contribution < -0.4 is 5.32 Å². The molecule has 3 heteroatoms. The third-order valence-corrected chi connectivity index (χ3v) is 4.43. The summed E-state index contributed by atoms with van der Waals surface area (Å²) in [6.07, 6.45) is 5.55. The van der Waals surface area contributed by atoms with Gasteiger partial charge in [-0.2, -0.15) is 12.6 Å². The van der Waals surface area contributed by atoms with Crippen molar-refractivity contribution in [2.75, 3.05) is 0 Å². The molecule has 104 valence electrons. The lowest BCUT2D eigenvalue weighted by Crippen LogP contribution is -2.44. The van der Waals surface area contributed by atoms with Gasteiger partial charge < -0.3 is 5.32 Å². The van der Waals surface area contributed by atoms with Gasteiger partial charge in [0.15, 0.2) is 0 Å². The Bertz CT molecular complexity index is 406. The lowest BCUT2D eigenvalue weighted by molar-refractivity contribution is -0.121. The zero-order valence-corrected chi connectivity index (χ0v) is 12.4. The molecular formula is C16H23NOS. The predicted molar refractivity (Wildman–Crippen MR) is 82.5 cm³/mol. The molecule has 0 bridgehead atoms. The first-order valence-corrected chi connectivity index (χ1v) is 7.71. The largest absolute Gasteiger partial charge is 0.352 e. The molecule has 1 amide bonds. The van der Waals surface area contributed by atoms with E-state index in [9.17, 15) is 4.79 Å². The molecule has 19 heavy (non-hydrogen) atoms. The van der Waals surface area contributed by atoms with Gasteiger partial charge in [-0.05, 0) is 30.7 Å². The number of benzene rings is 1. The van der Waals surface area contributed by atoms with E-state index in [0.29, 0.717) is 18.4 Å². The Morgan fingerprint density at radius 1 is 1.32 bits per heavy atom. The minimum absolute atomic E-state index is 0.0749. The minimum Gasteiger partial charge on any atom is -0.352 e. The highest BCUT2D eigenvalue weighted by Gasteiger charge is 2.25. The van der Waals surface area contributed by atoms with Crippen molar-refractivity contribution in [3.8, 4) is 0 Å². The smallest absolute Gasteiger partial charge is 0.233 e. The summed E-state index contributed by atoms with van der Waals surface area (Å²) in [5, 5.41) is 2.92. The van der Waals surface area contributed by atoms with Crippen molar-refractivity contribution in [3.63, 3.8) is 0 Å². The molecule has 1 N–H and O–H groups in total. The molecule has 0 spiro atoms. The van der Waals surface area contributed by atoms with Crippen LogP contribution in [-0.4, -0.2) is 17.2 Å². The molecular weight excluding hydrogens is 254 g/mol. The second-order valence-electron chi connectivity index (χ2n) is 5.58. The Labute approximate surface area is 121 Å². The summed E-state index contributed by atoms with van der Waals surface area (Å²) in [5.41, 5.74) is 1.16. The van der Waals surface area contributed by atoms with E-state index in [4.69, 9.17) is 0 Å². The van der Waals surface area contributed by atoms with E-state index in [-0.39, 0.29) is 11.2 Å². The van der Waals surface area contributed by atoms with E-state index in [1.165, 1.54) is 19.3 Å². The molecule has 2 rings (SSSR count). The van der Waals surface area contributed by atoms with Gasteiger partial charge in [-0.25, -0.2) is 0 Å². The predicted octanol–water partition coefficient (Wildman–Crippen LogP) is 3.22. The van der Waals surface area contributed by atoms with Crippen LogP contribution in [0.5, 0.6) is 0 Å². The van der Waals surface area contributed by atoms with Crippen molar-refractivity contribution < 1.29 is 4.79 Å². The Morgan fingerprint density at radius 3 is 2.68 bits per heavy atom. The van der Waals surface area contributed by atoms with Crippen LogP contribution in [0.2, 0.25) is 0 Å². The molecule has 3 atom stereocenters. The number of hydrogen-bond donors (Lipinski definition) is 2. The summed E-state index contributed by atoms with van der Waals surface area (Å²) in [6, 6.07) is 10.4. The number of carbonyl (C=O) groups is 1. The first-order chi connectivity index (χ1) is 9.16. The fraction of sp³-hybridized carbons (Fsp3) is 0.562. The molecule has 0 heterocycles. The van der Waals surface area contributed by atoms with Crippen LogP contribution in [0.4, 0.5) is 0 Å². The van der Waals surface area contributed by atoms with Crippen molar-refractivity contribution in [1.29, 1.82) is 0 Å². The average molecular weight is 277 g/mol. The molecule has 1 saturated carbocycles. The summed E-state index contributed by atoms with van der Waals surface area (Å²) < 4.78 is 0. The van der Waals surface area contributed by atoms with E-state index in [1.807, 2.05) is 30.3 Å². The van der Waals surface area contributed by atoms with Crippen LogP contribution in [0, 0.1) is 5.92 Å². The van der Waals surface area contributed by atoms with Crippen molar-refractivity contribution in [2.24, 2.45) is 5.92 Å². The maximum Gasteiger partial charge on any atom is 0.233 e. The number of hydrogen-bond acceptors (Lipinski definition) is 2. The average Bonchev–Trinajstić information content (AvgIpc) is 2.42. The monoisotopic (exact) mass is 277 g/mol. The van der Waals surface area contributed by atoms with E-state index in [0.717, 1.165) is 12.0 Å². The van der Waals surface area contributed by atoms with Gasteiger partial charge in [0.25, 0.3) is 0 Å². The Kier molecular flexibility index (Phi) is 5.32. The summed E-state index contributed by atoms with van der Waals surface area (Å²) >= 11 is 4.45. The topological polar surface area (TPSA) is 29.1 Å². The molecule has 0 radical (unpaired) electrons. The van der Waals surface area contributed by atoms with Gasteiger partial charge in [0.05, 0.1) is 5.25 Å². The lowest BCUT2D eigenvalue weighted by atomic mass is 9.86. The summed E-state index contributed by atoms with van der Waals surface area (Å²) in [4.78, 5) is 12.2. The first kappa shape index (κ1) is 14.4. The SMILES string of the molecule is CC1CCCCC1NC(=O)C(S)Cc1ccccc1. The Morgan fingerprint density at radius 2 is 2.00 bits per heavy atom. The Balaban J connectivity index is 1.85. The standard InChI is InChI=1S/C16H23NOS/c1-12-7-5-6-10-14(12)17-16(18)15(19)11-13-8-3-2-4-9-13/h2-4,8-9,12,14-15,19H,5-7,10-11H2,1H3,(H,17,18). The van der Waals surface area contributed by atoms with Crippen molar-refractivity contribution >= 4 is 18.5 Å². The van der Waals surface area contributed by atoms with Gasteiger partial charge >= 0.3 is 0 Å². The van der Waals surface area contributed by atoms with E-state index in [1.54, 1.807) is 0 Å². The van der Waals surface area contributed by atoms with Gasteiger partial charge in [-0.15, -0.1) is 0 Å². The van der Waals surface area contributed by atoms with E-state index >= 15 is 0 Å². The molecule has 1 aliphatic rings. The molecule has 0 saturated heterocycles. The van der Waals surface area contributed by atoms with Crippen LogP contribution in [0.3, 0.4) is 0 Å². The fourth-order valence-electron chi connectivity index (χ4n) is 2.74. The second-order valence-corrected chi connectivity index (χ2v) is 6.21.